The average Bonchev–Trinajstić information content (AvgIpc) is 1.82. The van der Waals surface area contributed by atoms with Crippen LogP contribution in [-0.2, 0) is 4.74 Å². The van der Waals surface area contributed by atoms with Crippen LogP contribution >= 0.6 is 46.4 Å². The lowest BCUT2D eigenvalue weighted by molar-refractivity contribution is 0.118. The Kier molecular flexibility index (Phi) is 4.91. The third-order valence-electron chi connectivity index (χ3n) is 0.692. The quantitative estimate of drug-likeness (QED) is 0.755. The molecule has 0 aromatic heterocycles. The number of hydrogen-bond acceptors (Lipinski definition) is 3. The van der Waals surface area contributed by atoms with Crippen LogP contribution in [-0.4, -0.2) is 26.6 Å². The smallest absolute Gasteiger partial charge is 0.419 e. The fourth-order valence-corrected chi connectivity index (χ4v) is 0.510. The molecule has 0 saturated carbocycles. The molecule has 9 heteroatoms. The van der Waals surface area contributed by atoms with Crippen molar-refractivity contribution in [1.29, 1.82) is 0 Å². The molecule has 0 fully saturated rings. The number of halogens is 4. The van der Waals surface area contributed by atoms with Crippen molar-refractivity contribution in [2.45, 2.75) is 9.36 Å². The number of carbonyl (C=O) groups is 2. The second-order valence-corrected chi connectivity index (χ2v) is 4.09. The Morgan fingerprint density at radius 2 is 1.85 bits per heavy atom. The summed E-state index contributed by atoms with van der Waals surface area (Å²) in [4.78, 5) is 19.1. The van der Waals surface area contributed by atoms with Crippen LogP contribution in [0.25, 0.3) is 0 Å². The normalized spacial score (nSPS) is 11.2. The lowest BCUT2D eigenvalue weighted by Crippen LogP contribution is -2.37. The SMILES string of the molecule is O=C(O)NC(=O)OC(Cl)(Cl)C(Cl)Cl. The van der Waals surface area contributed by atoms with E-state index in [1.807, 2.05) is 0 Å². The molecule has 76 valence electrons. The molecule has 13 heavy (non-hydrogen) atoms. The lowest BCUT2D eigenvalue weighted by atomic mass is 10.8. The molecule has 0 radical (unpaired) electrons. The third kappa shape index (κ3) is 5.25. The number of nitrogens with one attached hydrogen (secondary N) is 1. The minimum absolute atomic E-state index is 1.32. The van der Waals surface area contributed by atoms with Gasteiger partial charge in [0.05, 0.1) is 0 Å². The van der Waals surface area contributed by atoms with Gasteiger partial charge in [-0.15, -0.1) is 0 Å². The number of carboxylic acid groups (broad SMARTS) is 1. The number of carbonyl (C=O) groups excluding carboxylic acids is 1. The van der Waals surface area contributed by atoms with E-state index in [-0.39, 0.29) is 0 Å². The Hall–Kier alpha value is -0.100. The van der Waals surface area contributed by atoms with E-state index in [9.17, 15) is 9.59 Å². The Morgan fingerprint density at radius 3 is 2.15 bits per heavy atom. The predicted octanol–water partition coefficient (Wildman–Crippen LogP) is 2.33. The van der Waals surface area contributed by atoms with Gasteiger partial charge >= 0.3 is 12.2 Å². The highest BCUT2D eigenvalue weighted by Crippen LogP contribution is 2.33. The summed E-state index contributed by atoms with van der Waals surface area (Å²) in [5.74, 6) is 0. The molecule has 0 spiro atoms. The zero-order chi connectivity index (χ0) is 10.6. The molecule has 0 heterocycles. The minimum atomic E-state index is -2.19. The van der Waals surface area contributed by atoms with E-state index in [1.165, 1.54) is 5.32 Å². The van der Waals surface area contributed by atoms with Crippen molar-refractivity contribution in [3.63, 3.8) is 0 Å². The lowest BCUT2D eigenvalue weighted by Gasteiger charge is -2.19. The zero-order valence-corrected chi connectivity index (χ0v) is 8.78. The number of rotatable bonds is 2. The van der Waals surface area contributed by atoms with Crippen LogP contribution in [0.5, 0.6) is 0 Å². The van der Waals surface area contributed by atoms with Crippen LogP contribution in [0, 0.1) is 0 Å². The first-order chi connectivity index (χ1) is 5.75. The molecular weight excluding hydrogens is 268 g/mol. The molecule has 0 bridgehead atoms. The number of hydrogen-bond donors (Lipinski definition) is 2. The van der Waals surface area contributed by atoms with E-state index in [0.29, 0.717) is 0 Å². The highest BCUT2D eigenvalue weighted by Gasteiger charge is 2.37. The summed E-state index contributed by atoms with van der Waals surface area (Å²) in [6.45, 7) is 0. The van der Waals surface area contributed by atoms with E-state index in [4.69, 9.17) is 51.5 Å². The third-order valence-corrected chi connectivity index (χ3v) is 2.34. The van der Waals surface area contributed by atoms with Crippen molar-refractivity contribution in [2.24, 2.45) is 0 Å². The summed E-state index contributed by atoms with van der Waals surface area (Å²) < 4.78 is 1.95. The summed E-state index contributed by atoms with van der Waals surface area (Å²) in [5, 5.41) is 9.38. The van der Waals surface area contributed by atoms with E-state index in [0.717, 1.165) is 0 Å². The van der Waals surface area contributed by atoms with E-state index < -0.39 is 21.5 Å². The summed E-state index contributed by atoms with van der Waals surface area (Å²) in [7, 11) is 0. The zero-order valence-electron chi connectivity index (χ0n) is 5.76. The van der Waals surface area contributed by atoms with Crippen molar-refractivity contribution >= 4 is 58.6 Å². The fourth-order valence-electron chi connectivity index (χ4n) is 0.281. The molecule has 0 rings (SSSR count). The first kappa shape index (κ1) is 12.9. The molecule has 0 aliphatic heterocycles. The maximum atomic E-state index is 10.6. The van der Waals surface area contributed by atoms with E-state index in [2.05, 4.69) is 4.74 Å². The molecule has 0 unspecified atom stereocenters. The summed E-state index contributed by atoms with van der Waals surface area (Å²) in [6, 6.07) is 0. The molecule has 0 saturated heterocycles. The highest BCUT2D eigenvalue weighted by molar-refractivity contribution is 6.59. The van der Waals surface area contributed by atoms with Gasteiger partial charge in [0.2, 0.25) is 0 Å². The molecule has 0 aliphatic rings. The fraction of sp³-hybridized carbons (Fsp3) is 0.500. The largest absolute Gasteiger partial charge is 0.465 e. The first-order valence-corrected chi connectivity index (χ1v) is 4.27. The monoisotopic (exact) mass is 269 g/mol. The molecule has 0 aliphatic carbocycles. The number of alkyl carbamates (subject to hydrolysis) is 1. The maximum Gasteiger partial charge on any atom is 0.419 e. The van der Waals surface area contributed by atoms with Gasteiger partial charge in [0, 0.05) is 0 Å². The molecular formula is C4H3Cl4NO4. The van der Waals surface area contributed by atoms with Crippen molar-refractivity contribution in [1.82, 2.24) is 5.32 Å². The molecule has 0 aromatic carbocycles. The van der Waals surface area contributed by atoms with Gasteiger partial charge in [-0.2, -0.15) is 0 Å². The van der Waals surface area contributed by atoms with Crippen LogP contribution in [0.3, 0.4) is 0 Å². The van der Waals surface area contributed by atoms with E-state index >= 15 is 0 Å². The van der Waals surface area contributed by atoms with Crippen LogP contribution in [0.4, 0.5) is 9.59 Å². The summed E-state index contributed by atoms with van der Waals surface area (Å²) >= 11 is 20.9. The van der Waals surface area contributed by atoms with E-state index in [1.54, 1.807) is 0 Å². The van der Waals surface area contributed by atoms with Gasteiger partial charge < -0.3 is 9.84 Å². The molecule has 2 N–H and O–H groups in total. The molecule has 0 atom stereocenters. The standard InChI is InChI=1S/C4H3Cl4NO4/c5-1(6)4(7,8)13-3(12)9-2(10)11/h1H,(H,9,12)(H,10,11). The Bertz CT molecular complexity index is 218. The number of alkyl halides is 4. The topological polar surface area (TPSA) is 75.6 Å². The van der Waals surface area contributed by atoms with Crippen LogP contribution < -0.4 is 5.32 Å². The number of imide groups is 1. The van der Waals surface area contributed by atoms with Gasteiger partial charge in [-0.1, -0.05) is 46.4 Å². The number of amides is 2. The van der Waals surface area contributed by atoms with Crippen molar-refractivity contribution < 1.29 is 19.4 Å². The van der Waals surface area contributed by atoms with Gasteiger partial charge in [-0.05, 0) is 0 Å². The highest BCUT2D eigenvalue weighted by atomic mass is 35.5. The van der Waals surface area contributed by atoms with Gasteiger partial charge in [0.15, 0.2) is 4.84 Å². The Labute approximate surface area is 92.8 Å². The van der Waals surface area contributed by atoms with Crippen LogP contribution in [0.2, 0.25) is 0 Å². The number of ether oxygens (including phenoxy) is 1. The molecule has 2 amide bonds. The summed E-state index contributed by atoms with van der Waals surface area (Å²) in [5.41, 5.74) is 0. The predicted molar refractivity (Wildman–Crippen MR) is 47.6 cm³/mol. The molecule has 0 aromatic rings. The average molecular weight is 271 g/mol. The Morgan fingerprint density at radius 1 is 1.38 bits per heavy atom. The van der Waals surface area contributed by atoms with Gasteiger partial charge in [0.25, 0.3) is 4.52 Å². The van der Waals surface area contributed by atoms with Crippen LogP contribution in [0.15, 0.2) is 0 Å². The molecule has 5 nitrogen and oxygen atoms in total. The maximum absolute atomic E-state index is 10.6. The Balaban J connectivity index is 4.12. The van der Waals surface area contributed by atoms with Crippen molar-refractivity contribution in [2.75, 3.05) is 0 Å². The van der Waals surface area contributed by atoms with Gasteiger partial charge in [-0.3, -0.25) is 0 Å². The van der Waals surface area contributed by atoms with Gasteiger partial charge in [-0.25, -0.2) is 14.9 Å². The second-order valence-electron chi connectivity index (χ2n) is 1.68. The minimum Gasteiger partial charge on any atom is -0.465 e. The van der Waals surface area contributed by atoms with Gasteiger partial charge in [0.1, 0.15) is 0 Å². The van der Waals surface area contributed by atoms with Crippen LogP contribution in [0.1, 0.15) is 0 Å². The summed E-state index contributed by atoms with van der Waals surface area (Å²) in [6.07, 6.45) is -2.99. The van der Waals surface area contributed by atoms with Crippen molar-refractivity contribution in [3.05, 3.63) is 0 Å². The second kappa shape index (κ2) is 4.95. The van der Waals surface area contributed by atoms with Crippen molar-refractivity contribution in [3.8, 4) is 0 Å². The first-order valence-electron chi connectivity index (χ1n) is 2.64.